The molecule has 4 aromatic rings. The van der Waals surface area contributed by atoms with Crippen LogP contribution in [0.15, 0.2) is 83.9 Å². The Kier molecular flexibility index (Phi) is 4.12. The Bertz CT molecular complexity index is 1210. The first-order chi connectivity index (χ1) is 12.9. The third kappa shape index (κ3) is 3.15. The fourth-order valence-corrected chi connectivity index (χ4v) is 4.34. The number of para-hydroxylation sites is 1. The Morgan fingerprint density at radius 2 is 1.56 bits per heavy atom. The summed E-state index contributed by atoms with van der Waals surface area (Å²) in [5, 5.41) is 13.5. The molecule has 0 aliphatic carbocycles. The standard InChI is InChI=1S/C21H18N2O3S/c1-15-6-12-18(13-7-15)27(25,26)23-14-20(19-4-2-3-5-21(19)23)22-16-8-10-17(24)11-9-16/h2-14,22,24H,1H3. The number of aryl methyl sites for hydroxylation is 1. The van der Waals surface area contributed by atoms with Crippen molar-refractivity contribution in [3.8, 4) is 5.75 Å². The first-order valence-corrected chi connectivity index (χ1v) is 9.87. The summed E-state index contributed by atoms with van der Waals surface area (Å²) in [5.74, 6) is 0.171. The predicted molar refractivity (Wildman–Crippen MR) is 107 cm³/mol. The molecule has 0 atom stereocenters. The van der Waals surface area contributed by atoms with E-state index in [9.17, 15) is 13.5 Å². The lowest BCUT2D eigenvalue weighted by molar-refractivity contribution is 0.475. The summed E-state index contributed by atoms with van der Waals surface area (Å²) in [6.45, 7) is 1.92. The lowest BCUT2D eigenvalue weighted by Gasteiger charge is -2.07. The average molecular weight is 378 g/mol. The van der Waals surface area contributed by atoms with Crippen LogP contribution in [-0.4, -0.2) is 17.5 Å². The Labute approximate surface area is 157 Å². The molecule has 0 bridgehead atoms. The van der Waals surface area contributed by atoms with Crippen molar-refractivity contribution in [1.29, 1.82) is 0 Å². The molecule has 0 unspecified atom stereocenters. The van der Waals surface area contributed by atoms with Crippen molar-refractivity contribution < 1.29 is 13.5 Å². The number of hydrogen-bond donors (Lipinski definition) is 2. The van der Waals surface area contributed by atoms with E-state index >= 15 is 0 Å². The van der Waals surface area contributed by atoms with Gasteiger partial charge in [0.1, 0.15) is 5.75 Å². The second-order valence-electron chi connectivity index (χ2n) is 6.35. The average Bonchev–Trinajstić information content (AvgIpc) is 3.03. The monoisotopic (exact) mass is 378 g/mol. The van der Waals surface area contributed by atoms with E-state index in [-0.39, 0.29) is 10.6 Å². The van der Waals surface area contributed by atoms with Gasteiger partial charge in [0.15, 0.2) is 0 Å². The third-order valence-electron chi connectivity index (χ3n) is 4.40. The molecule has 0 aliphatic heterocycles. The molecule has 0 saturated carbocycles. The minimum absolute atomic E-state index is 0.171. The fourth-order valence-electron chi connectivity index (χ4n) is 2.97. The fraction of sp³-hybridized carbons (Fsp3) is 0.0476. The highest BCUT2D eigenvalue weighted by atomic mass is 32.2. The quantitative estimate of drug-likeness (QED) is 0.508. The second-order valence-corrected chi connectivity index (χ2v) is 8.16. The van der Waals surface area contributed by atoms with E-state index < -0.39 is 10.0 Å². The first kappa shape index (κ1) is 17.2. The van der Waals surface area contributed by atoms with Gasteiger partial charge in [-0.3, -0.25) is 0 Å². The smallest absolute Gasteiger partial charge is 0.268 e. The van der Waals surface area contributed by atoms with E-state index in [1.54, 1.807) is 60.8 Å². The number of nitrogens with one attached hydrogen (secondary N) is 1. The molecular formula is C21H18N2O3S. The van der Waals surface area contributed by atoms with Crippen LogP contribution in [0.25, 0.3) is 10.9 Å². The maximum absolute atomic E-state index is 13.2. The van der Waals surface area contributed by atoms with E-state index in [1.807, 2.05) is 25.1 Å². The van der Waals surface area contributed by atoms with Crippen LogP contribution < -0.4 is 5.32 Å². The summed E-state index contributed by atoms with van der Waals surface area (Å²) >= 11 is 0. The lowest BCUT2D eigenvalue weighted by atomic mass is 10.2. The van der Waals surface area contributed by atoms with Gasteiger partial charge in [0.2, 0.25) is 0 Å². The summed E-state index contributed by atoms with van der Waals surface area (Å²) in [5.41, 5.74) is 3.02. The van der Waals surface area contributed by atoms with Crippen molar-refractivity contribution in [2.45, 2.75) is 11.8 Å². The molecule has 2 N–H and O–H groups in total. The summed E-state index contributed by atoms with van der Waals surface area (Å²) in [6.07, 6.45) is 1.59. The van der Waals surface area contributed by atoms with Gasteiger partial charge in [-0.2, -0.15) is 0 Å². The molecule has 6 heteroatoms. The van der Waals surface area contributed by atoms with Gasteiger partial charge < -0.3 is 10.4 Å². The van der Waals surface area contributed by atoms with Crippen LogP contribution >= 0.6 is 0 Å². The van der Waals surface area contributed by atoms with E-state index in [0.717, 1.165) is 16.6 Å². The number of anilines is 2. The Morgan fingerprint density at radius 3 is 2.26 bits per heavy atom. The molecule has 3 aromatic carbocycles. The maximum Gasteiger partial charge on any atom is 0.268 e. The zero-order chi connectivity index (χ0) is 19.0. The zero-order valence-electron chi connectivity index (χ0n) is 14.6. The Hall–Kier alpha value is -3.25. The minimum atomic E-state index is -3.72. The van der Waals surface area contributed by atoms with Gasteiger partial charge in [0, 0.05) is 17.3 Å². The highest BCUT2D eigenvalue weighted by molar-refractivity contribution is 7.90. The molecule has 0 saturated heterocycles. The second kappa shape index (κ2) is 6.48. The highest BCUT2D eigenvalue weighted by Crippen LogP contribution is 2.31. The molecule has 1 aromatic heterocycles. The van der Waals surface area contributed by atoms with E-state index in [2.05, 4.69) is 5.32 Å². The van der Waals surface area contributed by atoms with E-state index in [0.29, 0.717) is 11.2 Å². The molecule has 0 fully saturated rings. The zero-order valence-corrected chi connectivity index (χ0v) is 15.4. The number of phenolic OH excluding ortho intramolecular Hbond substituents is 1. The van der Waals surface area contributed by atoms with Crippen LogP contribution in [0.2, 0.25) is 0 Å². The molecule has 0 radical (unpaired) electrons. The van der Waals surface area contributed by atoms with Gasteiger partial charge >= 0.3 is 0 Å². The largest absolute Gasteiger partial charge is 0.508 e. The van der Waals surface area contributed by atoms with Crippen LogP contribution in [0, 0.1) is 6.92 Å². The van der Waals surface area contributed by atoms with Crippen molar-refractivity contribution in [3.63, 3.8) is 0 Å². The van der Waals surface area contributed by atoms with Gasteiger partial charge in [0.05, 0.1) is 16.1 Å². The van der Waals surface area contributed by atoms with E-state index in [1.165, 1.54) is 3.97 Å². The topological polar surface area (TPSA) is 71.3 Å². The number of phenols is 1. The number of nitrogens with zero attached hydrogens (tertiary/aromatic N) is 1. The van der Waals surface area contributed by atoms with Gasteiger partial charge in [0.25, 0.3) is 10.0 Å². The lowest BCUT2D eigenvalue weighted by Crippen LogP contribution is -2.11. The van der Waals surface area contributed by atoms with Crippen LogP contribution in [0.4, 0.5) is 11.4 Å². The van der Waals surface area contributed by atoms with Crippen molar-refractivity contribution in [2.24, 2.45) is 0 Å². The Balaban J connectivity index is 1.84. The Morgan fingerprint density at radius 1 is 0.889 bits per heavy atom. The summed E-state index contributed by atoms with van der Waals surface area (Å²) in [6, 6.07) is 20.8. The van der Waals surface area contributed by atoms with Crippen LogP contribution in [-0.2, 0) is 10.0 Å². The van der Waals surface area contributed by atoms with Gasteiger partial charge in [-0.25, -0.2) is 12.4 Å². The third-order valence-corrected chi connectivity index (χ3v) is 6.09. The minimum Gasteiger partial charge on any atom is -0.508 e. The summed E-state index contributed by atoms with van der Waals surface area (Å²) < 4.78 is 27.6. The number of hydrogen-bond acceptors (Lipinski definition) is 4. The number of rotatable bonds is 4. The number of aromatic nitrogens is 1. The number of aromatic hydroxyl groups is 1. The molecular weight excluding hydrogens is 360 g/mol. The van der Waals surface area contributed by atoms with E-state index in [4.69, 9.17) is 0 Å². The van der Waals surface area contributed by atoms with Crippen LogP contribution in [0.1, 0.15) is 5.56 Å². The van der Waals surface area contributed by atoms with Crippen molar-refractivity contribution in [1.82, 2.24) is 3.97 Å². The van der Waals surface area contributed by atoms with Gasteiger partial charge in [-0.05, 0) is 49.4 Å². The number of benzene rings is 3. The molecule has 4 rings (SSSR count). The number of fused-ring (bicyclic) bond motifs is 1. The summed E-state index contributed by atoms with van der Waals surface area (Å²) in [4.78, 5) is 0.241. The SMILES string of the molecule is Cc1ccc(S(=O)(=O)n2cc(Nc3ccc(O)cc3)c3ccccc32)cc1. The van der Waals surface area contributed by atoms with Crippen LogP contribution in [0.5, 0.6) is 5.75 Å². The van der Waals surface area contributed by atoms with Crippen molar-refractivity contribution in [2.75, 3.05) is 5.32 Å². The first-order valence-electron chi connectivity index (χ1n) is 8.43. The molecule has 1 heterocycles. The van der Waals surface area contributed by atoms with Crippen molar-refractivity contribution in [3.05, 3.63) is 84.6 Å². The van der Waals surface area contributed by atoms with Crippen molar-refractivity contribution >= 4 is 32.3 Å². The predicted octanol–water partition coefficient (Wildman–Crippen LogP) is 4.64. The molecule has 0 aliphatic rings. The molecule has 0 amide bonds. The summed E-state index contributed by atoms with van der Waals surface area (Å²) in [7, 11) is -3.72. The van der Waals surface area contributed by atoms with Gasteiger partial charge in [-0.1, -0.05) is 35.9 Å². The maximum atomic E-state index is 13.2. The molecule has 5 nitrogen and oxygen atoms in total. The molecule has 136 valence electrons. The molecule has 0 spiro atoms. The highest BCUT2D eigenvalue weighted by Gasteiger charge is 2.21. The van der Waals surface area contributed by atoms with Gasteiger partial charge in [-0.15, -0.1) is 0 Å². The van der Waals surface area contributed by atoms with Crippen LogP contribution in [0.3, 0.4) is 0 Å². The normalized spacial score (nSPS) is 11.6. The molecule has 27 heavy (non-hydrogen) atoms.